The summed E-state index contributed by atoms with van der Waals surface area (Å²) in [6.45, 7) is 0. The topological polar surface area (TPSA) is 190 Å². The lowest BCUT2D eigenvalue weighted by Gasteiger charge is -2.23. The summed E-state index contributed by atoms with van der Waals surface area (Å²) >= 11 is 0. The molecule has 26 heavy (non-hydrogen) atoms. The summed E-state index contributed by atoms with van der Waals surface area (Å²) in [6.07, 6.45) is 0. The Morgan fingerprint density at radius 2 is 1.08 bits per heavy atom. The third-order valence-electron chi connectivity index (χ3n) is 3.32. The van der Waals surface area contributed by atoms with Gasteiger partial charge < -0.3 is 23.9 Å². The molecule has 0 aliphatic carbocycles. The third kappa shape index (κ3) is 4.01. The van der Waals surface area contributed by atoms with E-state index in [1.165, 1.54) is 0 Å². The lowest BCUT2D eigenvalue weighted by Crippen LogP contribution is -2.07. The molecule has 0 unspecified atom stereocenters. The summed E-state index contributed by atoms with van der Waals surface area (Å²) in [7, 11) is -9.42. The molecule has 2 aromatic carbocycles. The molecular formula is C14H12O10S2. The molecule has 140 valence electrons. The number of carboxylic acids is 2. The Morgan fingerprint density at radius 3 is 1.42 bits per heavy atom. The first kappa shape index (κ1) is 19.8. The maximum atomic E-state index is 11.6. The summed E-state index contributed by atoms with van der Waals surface area (Å²) in [6, 6.07) is 5.33. The fourth-order valence-corrected chi connectivity index (χ4v) is 3.69. The van der Waals surface area contributed by atoms with Crippen LogP contribution in [-0.2, 0) is 10.1 Å². The zero-order valence-electron chi connectivity index (χ0n) is 12.6. The van der Waals surface area contributed by atoms with Crippen molar-refractivity contribution < 1.29 is 46.4 Å². The van der Waals surface area contributed by atoms with Gasteiger partial charge in [0.05, 0.1) is 16.0 Å². The number of hydrogen-bond donors (Lipinski definition) is 6. The maximum absolute atomic E-state index is 11.6. The highest BCUT2D eigenvalue weighted by atomic mass is 32.3. The summed E-state index contributed by atoms with van der Waals surface area (Å²) < 4.78 is 61.3. The number of aromatic carboxylic acids is 2. The van der Waals surface area contributed by atoms with Crippen LogP contribution in [0, 0.1) is 0 Å². The molecule has 0 atom stereocenters. The molecule has 0 aliphatic rings. The van der Waals surface area contributed by atoms with Crippen LogP contribution in [0.25, 0.3) is 11.1 Å². The van der Waals surface area contributed by atoms with E-state index < -0.39 is 53.8 Å². The van der Waals surface area contributed by atoms with Gasteiger partial charge >= 0.3 is 11.9 Å². The molecule has 0 heterocycles. The maximum Gasteiger partial charge on any atom is 0.335 e. The highest BCUT2D eigenvalue weighted by Gasteiger charge is 2.27. The molecule has 6 N–H and O–H groups in total. The Kier molecular flexibility index (Phi) is 5.10. The Balaban J connectivity index is 2.88. The average molecular weight is 404 g/mol. The molecule has 0 radical (unpaired) electrons. The smallest absolute Gasteiger partial charge is 0.335 e. The molecule has 2 rings (SSSR count). The summed E-state index contributed by atoms with van der Waals surface area (Å²) in [5.41, 5.74) is -1.57. The first-order valence-electron chi connectivity index (χ1n) is 6.55. The van der Waals surface area contributed by atoms with E-state index in [0.29, 0.717) is 6.07 Å². The molecule has 0 fully saturated rings. The lowest BCUT2D eigenvalue weighted by molar-refractivity contribution is 0.0685. The van der Waals surface area contributed by atoms with Crippen LogP contribution in [0.3, 0.4) is 0 Å². The van der Waals surface area contributed by atoms with E-state index in [-0.39, 0.29) is 11.1 Å². The number of carbonyl (C=O) groups is 2. The zero-order chi connectivity index (χ0) is 19.9. The normalized spacial score (nSPS) is 12.6. The molecule has 0 aliphatic heterocycles. The molecule has 10 nitrogen and oxygen atoms in total. The van der Waals surface area contributed by atoms with Crippen LogP contribution >= 0.6 is 10.9 Å². The van der Waals surface area contributed by atoms with Crippen molar-refractivity contribution in [3.63, 3.8) is 0 Å². The first-order chi connectivity index (χ1) is 11.8. The van der Waals surface area contributed by atoms with Crippen molar-refractivity contribution in [1.29, 1.82) is 0 Å². The molecule has 2 aromatic rings. The quantitative estimate of drug-likeness (QED) is 0.404. The predicted molar refractivity (Wildman–Crippen MR) is 89.4 cm³/mol. The molecule has 0 saturated carbocycles. The van der Waals surface area contributed by atoms with Crippen molar-refractivity contribution in [3.05, 3.63) is 47.5 Å². The van der Waals surface area contributed by atoms with Gasteiger partial charge in [-0.15, -0.1) is 0 Å². The van der Waals surface area contributed by atoms with Crippen molar-refractivity contribution in [2.75, 3.05) is 0 Å². The van der Waals surface area contributed by atoms with Gasteiger partial charge in [-0.25, -0.2) is 9.59 Å². The van der Waals surface area contributed by atoms with E-state index in [9.17, 15) is 36.2 Å². The molecular weight excluding hydrogens is 392 g/mol. The fourth-order valence-electron chi connectivity index (χ4n) is 2.20. The van der Waals surface area contributed by atoms with E-state index in [2.05, 4.69) is 0 Å². The highest BCUT2D eigenvalue weighted by molar-refractivity contribution is 8.19. The van der Waals surface area contributed by atoms with Gasteiger partial charge in [0.25, 0.3) is 10.1 Å². The molecule has 0 aromatic heterocycles. The van der Waals surface area contributed by atoms with Crippen LogP contribution in [0.2, 0.25) is 0 Å². The monoisotopic (exact) mass is 404 g/mol. The van der Waals surface area contributed by atoms with Gasteiger partial charge in [0, 0.05) is 11.1 Å². The second-order valence-corrected chi connectivity index (χ2v) is 7.89. The Morgan fingerprint density at radius 1 is 0.692 bits per heavy atom. The Bertz CT molecular complexity index is 1000. The third-order valence-corrected chi connectivity index (χ3v) is 5.14. The fraction of sp³-hybridized carbons (Fsp3) is 0. The van der Waals surface area contributed by atoms with Gasteiger partial charge in [-0.05, 0) is 24.3 Å². The highest BCUT2D eigenvalue weighted by Crippen LogP contribution is 2.49. The van der Waals surface area contributed by atoms with E-state index in [1.807, 2.05) is 0 Å². The minimum absolute atomic E-state index is 0.318. The van der Waals surface area contributed by atoms with Crippen molar-refractivity contribution in [2.45, 2.75) is 9.79 Å². The van der Waals surface area contributed by atoms with Crippen molar-refractivity contribution in [1.82, 2.24) is 0 Å². The predicted octanol–water partition coefficient (Wildman–Crippen LogP) is 2.58. The SMILES string of the molecule is O=C(O)c1ccc(-c2ccc(C(=O)O)cc2S(=O)(=O)O)c(S(O)(O)O)c1. The zero-order valence-corrected chi connectivity index (χ0v) is 14.2. The Labute approximate surface area is 148 Å². The standard InChI is InChI=1S/C14H12O10S2/c15-13(16)7-1-3-9(11(5-7)25(19,20)21)10-4-2-8(14(17)18)6-12(10)26(22,23)24/h1-6,19-21H,(H,15,16)(H,17,18)(H,22,23,24). The van der Waals surface area contributed by atoms with Crippen molar-refractivity contribution in [3.8, 4) is 11.1 Å². The van der Waals surface area contributed by atoms with E-state index in [4.69, 9.17) is 10.2 Å². The average Bonchev–Trinajstić information content (AvgIpc) is 2.52. The lowest BCUT2D eigenvalue weighted by atomic mass is 10.0. The second-order valence-electron chi connectivity index (χ2n) is 5.03. The number of carboxylic acid groups (broad SMARTS) is 2. The number of rotatable bonds is 5. The molecule has 0 bridgehead atoms. The summed E-state index contributed by atoms with van der Waals surface area (Å²) in [5, 5.41) is 17.9. The molecule has 0 amide bonds. The summed E-state index contributed by atoms with van der Waals surface area (Å²) in [4.78, 5) is 20.5. The number of hydrogen-bond acceptors (Lipinski definition) is 7. The van der Waals surface area contributed by atoms with Crippen LogP contribution in [-0.4, -0.2) is 48.8 Å². The van der Waals surface area contributed by atoms with E-state index in [0.717, 1.165) is 30.3 Å². The largest absolute Gasteiger partial charge is 0.478 e. The van der Waals surface area contributed by atoms with E-state index in [1.54, 1.807) is 0 Å². The van der Waals surface area contributed by atoms with Gasteiger partial charge in [-0.1, -0.05) is 12.1 Å². The summed E-state index contributed by atoms with van der Waals surface area (Å²) in [5.74, 6) is -2.92. The molecule has 0 saturated heterocycles. The van der Waals surface area contributed by atoms with Crippen LogP contribution in [0.15, 0.2) is 46.2 Å². The van der Waals surface area contributed by atoms with E-state index >= 15 is 0 Å². The number of benzene rings is 2. The van der Waals surface area contributed by atoms with Gasteiger partial charge in [0.1, 0.15) is 15.8 Å². The second kappa shape index (κ2) is 6.68. The van der Waals surface area contributed by atoms with Crippen LogP contribution in [0.5, 0.6) is 0 Å². The van der Waals surface area contributed by atoms with Crippen LogP contribution < -0.4 is 0 Å². The van der Waals surface area contributed by atoms with Crippen molar-refractivity contribution in [2.24, 2.45) is 0 Å². The van der Waals surface area contributed by atoms with Crippen LogP contribution in [0.4, 0.5) is 0 Å². The molecule has 12 heteroatoms. The van der Waals surface area contributed by atoms with Gasteiger partial charge in [0.15, 0.2) is 0 Å². The minimum Gasteiger partial charge on any atom is -0.478 e. The first-order valence-corrected chi connectivity index (χ1v) is 9.50. The van der Waals surface area contributed by atoms with Crippen LogP contribution in [0.1, 0.15) is 20.7 Å². The molecule has 0 spiro atoms. The Hall–Kier alpha value is -2.48. The van der Waals surface area contributed by atoms with Gasteiger partial charge in [-0.3, -0.25) is 4.55 Å². The minimum atomic E-state index is -4.94. The van der Waals surface area contributed by atoms with Crippen molar-refractivity contribution >= 4 is 32.9 Å². The van der Waals surface area contributed by atoms with Gasteiger partial charge in [-0.2, -0.15) is 8.42 Å². The van der Waals surface area contributed by atoms with Gasteiger partial charge in [0.2, 0.25) is 0 Å².